The molecule has 0 saturated carbocycles. The molecule has 0 aliphatic heterocycles. The van der Waals surface area contributed by atoms with Gasteiger partial charge in [0.15, 0.2) is 0 Å². The molecule has 1 atom stereocenters. The van der Waals surface area contributed by atoms with Crippen LogP contribution in [0.4, 0.5) is 0 Å². The van der Waals surface area contributed by atoms with E-state index < -0.39 is 0 Å². The van der Waals surface area contributed by atoms with Gasteiger partial charge in [-0.3, -0.25) is 0 Å². The molecule has 0 aliphatic rings. The summed E-state index contributed by atoms with van der Waals surface area (Å²) < 4.78 is 4.81. The Labute approximate surface area is 125 Å². The Kier molecular flexibility index (Phi) is 9.09. The molecule has 0 aromatic heterocycles. The van der Waals surface area contributed by atoms with Crippen LogP contribution in [-0.2, 0) is 9.53 Å². The van der Waals surface area contributed by atoms with Gasteiger partial charge in [0, 0.05) is 6.08 Å². The van der Waals surface area contributed by atoms with Gasteiger partial charge in [0.2, 0.25) is 0 Å². The number of ether oxygens (including phenoxy) is 1. The first kappa shape index (κ1) is 16.4. The number of hydrogen-bond acceptors (Lipinski definition) is 2. The molecule has 17 heavy (non-hydrogen) atoms. The van der Waals surface area contributed by atoms with Crippen LogP contribution in [0.1, 0.15) is 18.5 Å². The van der Waals surface area contributed by atoms with E-state index in [2.05, 4.69) is 5.32 Å². The second-order valence-electron chi connectivity index (χ2n) is 3.22. The molecule has 0 aliphatic carbocycles. The Morgan fingerprint density at radius 2 is 2.06 bits per heavy atom. The fourth-order valence-electron chi connectivity index (χ4n) is 1.36. The molecule has 0 amide bonds. The van der Waals surface area contributed by atoms with Crippen molar-refractivity contribution in [2.24, 2.45) is 0 Å². The maximum absolute atomic E-state index is 11.1. The van der Waals surface area contributed by atoms with Crippen LogP contribution in [0, 0.1) is 0 Å². The first-order valence-electron chi connectivity index (χ1n) is 5.26. The summed E-state index contributed by atoms with van der Waals surface area (Å²) >= 11 is 0. The van der Waals surface area contributed by atoms with E-state index in [0.29, 0.717) is 6.61 Å². The van der Waals surface area contributed by atoms with Gasteiger partial charge in [-0.2, -0.15) is 7.05 Å². The third-order valence-corrected chi connectivity index (χ3v) is 2.12. The fourth-order valence-corrected chi connectivity index (χ4v) is 1.36. The largest absolute Gasteiger partial charge is 1.00 e. The minimum Gasteiger partial charge on any atom is -0.655 e. The molecule has 1 aromatic carbocycles. The fraction of sp³-hybridized carbons (Fsp3) is 0.308. The molecule has 1 rings (SSSR count). The maximum atomic E-state index is 11.1. The van der Waals surface area contributed by atoms with Crippen LogP contribution in [0.3, 0.4) is 0 Å². The van der Waals surface area contributed by atoms with Crippen molar-refractivity contribution in [2.75, 3.05) is 13.7 Å². The Morgan fingerprint density at radius 3 is 2.59 bits per heavy atom. The van der Waals surface area contributed by atoms with Gasteiger partial charge in [-0.1, -0.05) is 48.0 Å². The molecule has 0 bridgehead atoms. The van der Waals surface area contributed by atoms with Crippen molar-refractivity contribution in [2.45, 2.75) is 13.0 Å². The average molecular weight is 241 g/mol. The first-order valence-corrected chi connectivity index (χ1v) is 5.26. The summed E-state index contributed by atoms with van der Waals surface area (Å²) in [5.74, 6) is -0.327. The van der Waals surface area contributed by atoms with Crippen LogP contribution in [-0.4, -0.2) is 19.6 Å². The Morgan fingerprint density at radius 1 is 1.41 bits per heavy atom. The molecule has 0 spiro atoms. The van der Waals surface area contributed by atoms with Gasteiger partial charge in [0.05, 0.1) is 6.61 Å². The molecule has 0 fully saturated rings. The van der Waals surface area contributed by atoms with E-state index in [0.717, 1.165) is 5.56 Å². The van der Waals surface area contributed by atoms with E-state index in [1.807, 2.05) is 30.3 Å². The summed E-state index contributed by atoms with van der Waals surface area (Å²) in [6.45, 7) is 2.17. The molecular weight excluding hydrogens is 225 g/mol. The zero-order valence-electron chi connectivity index (χ0n) is 10.6. The molecule has 4 heteroatoms. The first-order chi connectivity index (χ1) is 7.77. The average Bonchev–Trinajstić information content (AvgIpc) is 2.31. The normalized spacial score (nSPS) is 11.9. The van der Waals surface area contributed by atoms with Crippen molar-refractivity contribution < 1.29 is 39.1 Å². The second kappa shape index (κ2) is 9.42. The molecule has 0 heterocycles. The van der Waals surface area contributed by atoms with Gasteiger partial charge < -0.3 is 10.1 Å². The number of nitrogens with zero attached hydrogens (tertiary/aromatic N) is 1. The summed E-state index contributed by atoms with van der Waals surface area (Å²) in [5.41, 5.74) is 1.06. The summed E-state index contributed by atoms with van der Waals surface area (Å²) in [4.78, 5) is 11.1. The number of carbonyl (C=O) groups excluding carboxylic acids is 1. The molecule has 0 saturated heterocycles. The number of benzene rings is 1. The van der Waals surface area contributed by atoms with Gasteiger partial charge in [-0.05, 0) is 6.92 Å². The van der Waals surface area contributed by atoms with E-state index in [9.17, 15) is 4.79 Å². The van der Waals surface area contributed by atoms with Crippen molar-refractivity contribution >= 4 is 5.97 Å². The molecule has 3 nitrogen and oxygen atoms in total. The Bertz CT molecular complexity index is 352. The minimum atomic E-state index is -0.327. The Balaban J connectivity index is 0.00000256. The molecular formula is C13H16NNaO2. The summed E-state index contributed by atoms with van der Waals surface area (Å²) in [5, 5.41) is 4.20. The predicted octanol–water partition coefficient (Wildman–Crippen LogP) is -0.146. The van der Waals surface area contributed by atoms with Gasteiger partial charge in [-0.25, -0.2) is 4.79 Å². The second-order valence-corrected chi connectivity index (χ2v) is 3.22. The number of rotatable bonds is 5. The standard InChI is InChI=1S/C13H16NO2.Na/c1-3-16-13(15)10-9-12(14-2)11-7-5-4-6-8-11;/h4-10,12H,3H2,1-2H3;/q-1;+1/b10-9+;. The molecule has 1 unspecified atom stereocenters. The van der Waals surface area contributed by atoms with Crippen LogP contribution in [0.15, 0.2) is 42.5 Å². The van der Waals surface area contributed by atoms with Crippen LogP contribution >= 0.6 is 0 Å². The van der Waals surface area contributed by atoms with Gasteiger partial charge in [0.25, 0.3) is 0 Å². The molecule has 0 N–H and O–H groups in total. The molecule has 86 valence electrons. The van der Waals surface area contributed by atoms with Crippen LogP contribution < -0.4 is 29.6 Å². The molecule has 0 radical (unpaired) electrons. The quantitative estimate of drug-likeness (QED) is 0.409. The van der Waals surface area contributed by atoms with Gasteiger partial charge >= 0.3 is 35.5 Å². The van der Waals surface area contributed by atoms with Crippen molar-refractivity contribution in [3.05, 3.63) is 53.4 Å². The van der Waals surface area contributed by atoms with E-state index in [4.69, 9.17) is 4.74 Å². The zero-order valence-corrected chi connectivity index (χ0v) is 12.6. The zero-order chi connectivity index (χ0) is 11.8. The van der Waals surface area contributed by atoms with Gasteiger partial charge in [0.1, 0.15) is 0 Å². The number of likely N-dealkylation sites (N-methyl/N-ethyl adjacent to an activating group) is 1. The molecule has 1 aromatic rings. The van der Waals surface area contributed by atoms with Crippen molar-refractivity contribution in [1.29, 1.82) is 0 Å². The SMILES string of the molecule is CCOC(=O)/C=C/C([N-]C)c1ccccc1.[Na+]. The number of carbonyl (C=O) groups is 1. The van der Waals surface area contributed by atoms with E-state index >= 15 is 0 Å². The predicted molar refractivity (Wildman–Crippen MR) is 64.2 cm³/mol. The maximum Gasteiger partial charge on any atom is 1.00 e. The number of hydrogen-bond donors (Lipinski definition) is 0. The van der Waals surface area contributed by atoms with E-state index in [1.165, 1.54) is 6.08 Å². The summed E-state index contributed by atoms with van der Waals surface area (Å²) in [7, 11) is 1.73. The summed E-state index contributed by atoms with van der Waals surface area (Å²) in [6, 6.07) is 9.72. The van der Waals surface area contributed by atoms with Crippen molar-refractivity contribution in [3.8, 4) is 0 Å². The van der Waals surface area contributed by atoms with Crippen molar-refractivity contribution in [1.82, 2.24) is 0 Å². The third kappa shape index (κ3) is 6.03. The van der Waals surface area contributed by atoms with Gasteiger partial charge in [-0.15, -0.1) is 0 Å². The van der Waals surface area contributed by atoms with Crippen LogP contribution in [0.25, 0.3) is 5.32 Å². The summed E-state index contributed by atoms with van der Waals surface area (Å²) in [6.07, 6.45) is 3.17. The van der Waals surface area contributed by atoms with Crippen LogP contribution in [0.2, 0.25) is 0 Å². The van der Waals surface area contributed by atoms with E-state index in [1.54, 1.807) is 20.0 Å². The Hall–Kier alpha value is -0.610. The topological polar surface area (TPSA) is 40.4 Å². The smallest absolute Gasteiger partial charge is 0.655 e. The third-order valence-electron chi connectivity index (χ3n) is 2.12. The number of esters is 1. The van der Waals surface area contributed by atoms with Crippen LogP contribution in [0.5, 0.6) is 0 Å². The monoisotopic (exact) mass is 241 g/mol. The minimum absolute atomic E-state index is 0. The van der Waals surface area contributed by atoms with Crippen molar-refractivity contribution in [3.63, 3.8) is 0 Å². The van der Waals surface area contributed by atoms with E-state index in [-0.39, 0.29) is 41.6 Å².